The standard InChI is InChI=1S/C9H19NO/c1-8(2)11-9(3)6-7-10(4)5/h6,8H,7H2,1-5H3/b9-6+. The number of hydrogen-bond donors (Lipinski definition) is 0. The van der Waals surface area contributed by atoms with Crippen molar-refractivity contribution in [1.82, 2.24) is 4.90 Å². The first kappa shape index (κ1) is 10.5. The van der Waals surface area contributed by atoms with Crippen LogP contribution < -0.4 is 0 Å². The van der Waals surface area contributed by atoms with Crippen molar-refractivity contribution in [2.45, 2.75) is 26.9 Å². The van der Waals surface area contributed by atoms with Crippen molar-refractivity contribution in [2.24, 2.45) is 0 Å². The Kier molecular flexibility index (Phi) is 4.95. The highest BCUT2D eigenvalue weighted by Crippen LogP contribution is 2.00. The molecule has 0 amide bonds. The van der Waals surface area contributed by atoms with Gasteiger partial charge in [0.15, 0.2) is 0 Å². The monoisotopic (exact) mass is 157 g/mol. The van der Waals surface area contributed by atoms with Crippen LogP contribution in [0.25, 0.3) is 0 Å². The lowest BCUT2D eigenvalue weighted by Crippen LogP contribution is -2.12. The van der Waals surface area contributed by atoms with Gasteiger partial charge in [0.05, 0.1) is 11.9 Å². The zero-order valence-electron chi connectivity index (χ0n) is 8.22. The zero-order valence-corrected chi connectivity index (χ0v) is 8.22. The number of likely N-dealkylation sites (N-methyl/N-ethyl adjacent to an activating group) is 1. The molecule has 2 nitrogen and oxygen atoms in total. The maximum Gasteiger partial charge on any atom is 0.0926 e. The lowest BCUT2D eigenvalue weighted by molar-refractivity contribution is 0.147. The van der Waals surface area contributed by atoms with Gasteiger partial charge in [0.25, 0.3) is 0 Å². The van der Waals surface area contributed by atoms with Crippen molar-refractivity contribution in [3.8, 4) is 0 Å². The molecule has 0 saturated heterocycles. The summed E-state index contributed by atoms with van der Waals surface area (Å²) in [5.41, 5.74) is 0. The average Bonchev–Trinajstić information content (AvgIpc) is 1.82. The molecule has 0 saturated carbocycles. The molecule has 0 fully saturated rings. The second-order valence-corrected chi connectivity index (χ2v) is 3.24. The fraction of sp³-hybridized carbons (Fsp3) is 0.778. The van der Waals surface area contributed by atoms with Crippen molar-refractivity contribution in [1.29, 1.82) is 0 Å². The summed E-state index contributed by atoms with van der Waals surface area (Å²) in [7, 11) is 4.08. The highest BCUT2D eigenvalue weighted by Gasteiger charge is 1.93. The largest absolute Gasteiger partial charge is 0.496 e. The molecular weight excluding hydrogens is 138 g/mol. The Labute approximate surface area is 69.8 Å². The molecule has 0 aliphatic rings. The van der Waals surface area contributed by atoms with Crippen LogP contribution in [-0.2, 0) is 4.74 Å². The third kappa shape index (κ3) is 7.40. The molecule has 0 spiro atoms. The summed E-state index contributed by atoms with van der Waals surface area (Å²) in [6.07, 6.45) is 2.37. The minimum absolute atomic E-state index is 0.286. The quantitative estimate of drug-likeness (QED) is 0.578. The minimum atomic E-state index is 0.286. The maximum absolute atomic E-state index is 5.44. The van der Waals surface area contributed by atoms with E-state index in [1.54, 1.807) is 0 Å². The number of hydrogen-bond acceptors (Lipinski definition) is 2. The van der Waals surface area contributed by atoms with E-state index in [0.29, 0.717) is 0 Å². The Hall–Kier alpha value is -0.500. The second kappa shape index (κ2) is 5.19. The molecule has 0 rings (SSSR count). The van der Waals surface area contributed by atoms with Gasteiger partial charge in [-0.05, 0) is 40.9 Å². The van der Waals surface area contributed by atoms with E-state index in [-0.39, 0.29) is 6.10 Å². The molecule has 0 aliphatic heterocycles. The number of allylic oxidation sites excluding steroid dienone is 1. The number of nitrogens with zero attached hydrogens (tertiary/aromatic N) is 1. The van der Waals surface area contributed by atoms with Gasteiger partial charge in [-0.2, -0.15) is 0 Å². The number of rotatable bonds is 4. The third-order valence-electron chi connectivity index (χ3n) is 1.17. The molecule has 0 heterocycles. The van der Waals surface area contributed by atoms with Crippen LogP contribution in [0.3, 0.4) is 0 Å². The Balaban J connectivity index is 3.63. The van der Waals surface area contributed by atoms with E-state index in [1.165, 1.54) is 0 Å². The zero-order chi connectivity index (χ0) is 8.85. The lowest BCUT2D eigenvalue weighted by Gasteiger charge is -2.11. The van der Waals surface area contributed by atoms with Crippen LogP contribution >= 0.6 is 0 Å². The summed E-state index contributed by atoms with van der Waals surface area (Å²) in [4.78, 5) is 2.10. The Morgan fingerprint density at radius 3 is 2.36 bits per heavy atom. The van der Waals surface area contributed by atoms with Crippen molar-refractivity contribution in [3.63, 3.8) is 0 Å². The van der Waals surface area contributed by atoms with Crippen LogP contribution in [0.5, 0.6) is 0 Å². The third-order valence-corrected chi connectivity index (χ3v) is 1.17. The average molecular weight is 157 g/mol. The van der Waals surface area contributed by atoms with Crippen LogP contribution in [0.4, 0.5) is 0 Å². The van der Waals surface area contributed by atoms with Gasteiger partial charge in [-0.1, -0.05) is 0 Å². The molecule has 0 unspecified atom stereocenters. The van der Waals surface area contributed by atoms with E-state index in [4.69, 9.17) is 4.74 Å². The van der Waals surface area contributed by atoms with Gasteiger partial charge in [0.1, 0.15) is 0 Å². The van der Waals surface area contributed by atoms with Crippen LogP contribution in [-0.4, -0.2) is 31.6 Å². The summed E-state index contributed by atoms with van der Waals surface area (Å²) < 4.78 is 5.44. The van der Waals surface area contributed by atoms with Gasteiger partial charge < -0.3 is 9.64 Å². The molecule has 0 N–H and O–H groups in total. The van der Waals surface area contributed by atoms with Crippen molar-refractivity contribution in [3.05, 3.63) is 11.8 Å². The van der Waals surface area contributed by atoms with Crippen molar-refractivity contribution in [2.75, 3.05) is 20.6 Å². The van der Waals surface area contributed by atoms with Crippen LogP contribution in [0.2, 0.25) is 0 Å². The molecule has 0 aliphatic carbocycles. The molecule has 0 aromatic carbocycles. The highest BCUT2D eigenvalue weighted by molar-refractivity contribution is 4.90. The Morgan fingerprint density at radius 1 is 1.45 bits per heavy atom. The van der Waals surface area contributed by atoms with Gasteiger partial charge in [0.2, 0.25) is 0 Å². The second-order valence-electron chi connectivity index (χ2n) is 3.24. The molecule has 2 heteroatoms. The van der Waals surface area contributed by atoms with Crippen molar-refractivity contribution < 1.29 is 4.74 Å². The maximum atomic E-state index is 5.44. The summed E-state index contributed by atoms with van der Waals surface area (Å²) in [5, 5.41) is 0. The summed E-state index contributed by atoms with van der Waals surface area (Å²) in [6.45, 7) is 7.00. The van der Waals surface area contributed by atoms with Gasteiger partial charge in [-0.25, -0.2) is 0 Å². The van der Waals surface area contributed by atoms with Gasteiger partial charge in [-0.3, -0.25) is 0 Å². The predicted octanol–water partition coefficient (Wildman–Crippen LogP) is 1.88. The van der Waals surface area contributed by atoms with Gasteiger partial charge >= 0.3 is 0 Å². The Morgan fingerprint density at radius 2 is 2.00 bits per heavy atom. The topological polar surface area (TPSA) is 12.5 Å². The van der Waals surface area contributed by atoms with Crippen molar-refractivity contribution >= 4 is 0 Å². The Bertz CT molecular complexity index is 128. The lowest BCUT2D eigenvalue weighted by atomic mass is 10.4. The molecule has 0 atom stereocenters. The van der Waals surface area contributed by atoms with E-state index >= 15 is 0 Å². The van der Waals surface area contributed by atoms with E-state index in [0.717, 1.165) is 12.3 Å². The van der Waals surface area contributed by atoms with E-state index in [9.17, 15) is 0 Å². The molecule has 0 radical (unpaired) electrons. The van der Waals surface area contributed by atoms with Gasteiger partial charge in [0, 0.05) is 6.54 Å². The molecule has 0 bridgehead atoms. The van der Waals surface area contributed by atoms with E-state index in [1.807, 2.05) is 34.9 Å². The minimum Gasteiger partial charge on any atom is -0.496 e. The SMILES string of the molecule is C/C(=C\CN(C)C)OC(C)C. The summed E-state index contributed by atoms with van der Waals surface area (Å²) in [5.74, 6) is 1.01. The normalized spacial score (nSPS) is 12.8. The fourth-order valence-electron chi connectivity index (χ4n) is 0.731. The molecule has 0 aromatic rings. The number of ether oxygens (including phenoxy) is 1. The van der Waals surface area contributed by atoms with Crippen LogP contribution in [0, 0.1) is 0 Å². The van der Waals surface area contributed by atoms with Crippen LogP contribution in [0.15, 0.2) is 11.8 Å². The molecule has 0 aromatic heterocycles. The summed E-state index contributed by atoms with van der Waals surface area (Å²) >= 11 is 0. The molecular formula is C9H19NO. The van der Waals surface area contributed by atoms with E-state index in [2.05, 4.69) is 11.0 Å². The first-order valence-electron chi connectivity index (χ1n) is 4.00. The first-order chi connectivity index (χ1) is 5.02. The first-order valence-corrected chi connectivity index (χ1v) is 4.00. The van der Waals surface area contributed by atoms with E-state index < -0.39 is 0 Å². The highest BCUT2D eigenvalue weighted by atomic mass is 16.5. The molecule has 66 valence electrons. The fourth-order valence-corrected chi connectivity index (χ4v) is 0.731. The predicted molar refractivity (Wildman–Crippen MR) is 48.5 cm³/mol. The van der Waals surface area contributed by atoms with Gasteiger partial charge in [-0.15, -0.1) is 0 Å². The van der Waals surface area contributed by atoms with Crippen LogP contribution in [0.1, 0.15) is 20.8 Å². The smallest absolute Gasteiger partial charge is 0.0926 e. The summed E-state index contributed by atoms with van der Waals surface area (Å²) in [6, 6.07) is 0. The molecule has 11 heavy (non-hydrogen) atoms.